The van der Waals surface area contributed by atoms with Crippen molar-refractivity contribution in [2.75, 3.05) is 12.4 Å². The van der Waals surface area contributed by atoms with E-state index in [2.05, 4.69) is 10.3 Å². The number of benzene rings is 1. The van der Waals surface area contributed by atoms with Gasteiger partial charge in [-0.05, 0) is 31.5 Å². The van der Waals surface area contributed by atoms with Crippen LogP contribution < -0.4 is 10.1 Å². The van der Waals surface area contributed by atoms with Crippen molar-refractivity contribution in [2.24, 2.45) is 0 Å². The molecule has 0 spiro atoms. The van der Waals surface area contributed by atoms with Gasteiger partial charge in [0, 0.05) is 10.9 Å². The molecule has 1 heterocycles. The molecular weight excluding hydrogens is 284 g/mol. The number of anilines is 1. The number of carbonyl (C=O) groups excluding carboxylic acids is 1. The van der Waals surface area contributed by atoms with Gasteiger partial charge in [-0.15, -0.1) is 11.3 Å². The molecule has 0 atom stereocenters. The smallest absolute Gasteiger partial charge is 0.257 e. The number of nitrogens with one attached hydrogen (secondary N) is 1. The van der Waals surface area contributed by atoms with E-state index in [0.29, 0.717) is 21.5 Å². The molecule has 0 aliphatic rings. The predicted octanol–water partition coefficient (Wildman–Crippen LogP) is 3.67. The molecule has 0 bridgehead atoms. The third-order valence-electron chi connectivity index (χ3n) is 2.58. The number of nitrogens with zero attached hydrogens (tertiary/aromatic N) is 1. The Hall–Kier alpha value is -1.59. The third-order valence-corrected chi connectivity index (χ3v) is 3.75. The Labute approximate surface area is 120 Å². The molecule has 6 heteroatoms. The summed E-state index contributed by atoms with van der Waals surface area (Å²) in [7, 11) is 1.54. The van der Waals surface area contributed by atoms with Crippen molar-refractivity contribution in [3.63, 3.8) is 0 Å². The molecule has 0 saturated carbocycles. The van der Waals surface area contributed by atoms with Gasteiger partial charge in [0.25, 0.3) is 5.91 Å². The van der Waals surface area contributed by atoms with E-state index in [1.54, 1.807) is 19.2 Å². The molecule has 0 radical (unpaired) electrons. The number of rotatable bonds is 3. The van der Waals surface area contributed by atoms with Crippen LogP contribution in [-0.4, -0.2) is 18.0 Å². The summed E-state index contributed by atoms with van der Waals surface area (Å²) >= 11 is 7.42. The van der Waals surface area contributed by atoms with Gasteiger partial charge in [-0.25, -0.2) is 4.98 Å². The van der Waals surface area contributed by atoms with Crippen LogP contribution >= 0.6 is 22.9 Å². The molecular formula is C13H13ClN2O2S. The zero-order chi connectivity index (χ0) is 14.0. The lowest BCUT2D eigenvalue weighted by molar-refractivity contribution is 0.102. The van der Waals surface area contributed by atoms with Crippen LogP contribution in [0.15, 0.2) is 17.5 Å². The van der Waals surface area contributed by atoms with Gasteiger partial charge in [-0.2, -0.15) is 0 Å². The number of carbonyl (C=O) groups is 1. The van der Waals surface area contributed by atoms with Gasteiger partial charge in [0.15, 0.2) is 5.13 Å². The summed E-state index contributed by atoms with van der Waals surface area (Å²) in [6.45, 7) is 3.71. The highest BCUT2D eigenvalue weighted by Crippen LogP contribution is 2.28. The van der Waals surface area contributed by atoms with Crippen molar-refractivity contribution in [2.45, 2.75) is 13.8 Å². The van der Waals surface area contributed by atoms with Gasteiger partial charge in [-0.1, -0.05) is 11.6 Å². The first-order valence-corrected chi connectivity index (χ1v) is 6.84. The first kappa shape index (κ1) is 13.8. The molecule has 0 saturated heterocycles. The van der Waals surface area contributed by atoms with Crippen molar-refractivity contribution in [1.29, 1.82) is 0 Å². The van der Waals surface area contributed by atoms with Crippen molar-refractivity contribution >= 4 is 34.0 Å². The minimum Gasteiger partial charge on any atom is -0.495 e. The number of amides is 1. The number of ether oxygens (including phenoxy) is 1. The van der Waals surface area contributed by atoms with Gasteiger partial charge >= 0.3 is 0 Å². The van der Waals surface area contributed by atoms with Gasteiger partial charge in [0.05, 0.1) is 17.8 Å². The predicted molar refractivity (Wildman–Crippen MR) is 77.5 cm³/mol. The minimum atomic E-state index is -0.226. The van der Waals surface area contributed by atoms with Crippen LogP contribution in [-0.2, 0) is 0 Å². The highest BCUT2D eigenvalue weighted by atomic mass is 35.5. The maximum atomic E-state index is 12.2. The molecule has 1 aromatic carbocycles. The number of hydrogen-bond acceptors (Lipinski definition) is 4. The van der Waals surface area contributed by atoms with Crippen LogP contribution in [0.5, 0.6) is 5.75 Å². The van der Waals surface area contributed by atoms with Crippen LogP contribution in [0.25, 0.3) is 0 Å². The lowest BCUT2D eigenvalue weighted by Gasteiger charge is -2.09. The van der Waals surface area contributed by atoms with E-state index in [9.17, 15) is 4.79 Å². The van der Waals surface area contributed by atoms with Crippen molar-refractivity contribution < 1.29 is 9.53 Å². The number of aryl methyl sites for hydroxylation is 2. The largest absolute Gasteiger partial charge is 0.495 e. The molecule has 19 heavy (non-hydrogen) atoms. The van der Waals surface area contributed by atoms with Crippen LogP contribution in [0, 0.1) is 13.8 Å². The molecule has 0 aliphatic carbocycles. The van der Waals surface area contributed by atoms with Crippen LogP contribution in [0.2, 0.25) is 5.02 Å². The van der Waals surface area contributed by atoms with E-state index in [0.717, 1.165) is 11.3 Å². The van der Waals surface area contributed by atoms with Crippen LogP contribution in [0.4, 0.5) is 5.13 Å². The van der Waals surface area contributed by atoms with Gasteiger partial charge in [-0.3, -0.25) is 10.1 Å². The maximum Gasteiger partial charge on any atom is 0.257 e. The Bertz CT molecular complexity index is 625. The molecule has 0 aliphatic heterocycles. The Morgan fingerprint density at radius 1 is 1.42 bits per heavy atom. The van der Waals surface area contributed by atoms with E-state index in [1.165, 1.54) is 11.3 Å². The number of methoxy groups -OCH3 is 1. The van der Waals surface area contributed by atoms with Crippen molar-refractivity contribution in [3.05, 3.63) is 39.4 Å². The molecule has 2 aromatic rings. The number of thiazole rings is 1. The number of hydrogen-bond donors (Lipinski definition) is 1. The second kappa shape index (κ2) is 5.59. The molecule has 2 rings (SSSR count). The SMILES string of the molecule is COc1cc(C)c(C(=O)Nc2nc(C)cs2)cc1Cl. The Morgan fingerprint density at radius 2 is 2.16 bits per heavy atom. The molecule has 1 amide bonds. The molecule has 4 nitrogen and oxygen atoms in total. The Morgan fingerprint density at radius 3 is 2.74 bits per heavy atom. The average molecular weight is 297 g/mol. The lowest BCUT2D eigenvalue weighted by Crippen LogP contribution is -2.13. The normalized spacial score (nSPS) is 10.3. The zero-order valence-corrected chi connectivity index (χ0v) is 12.4. The summed E-state index contributed by atoms with van der Waals surface area (Å²) in [4.78, 5) is 16.3. The summed E-state index contributed by atoms with van der Waals surface area (Å²) in [6.07, 6.45) is 0. The molecule has 1 N–H and O–H groups in total. The monoisotopic (exact) mass is 296 g/mol. The van der Waals surface area contributed by atoms with Crippen molar-refractivity contribution in [1.82, 2.24) is 4.98 Å². The first-order chi connectivity index (χ1) is 9.01. The number of aromatic nitrogens is 1. The average Bonchev–Trinajstić information content (AvgIpc) is 2.77. The van der Waals surface area contributed by atoms with E-state index < -0.39 is 0 Å². The summed E-state index contributed by atoms with van der Waals surface area (Å²) in [5.41, 5.74) is 2.19. The first-order valence-electron chi connectivity index (χ1n) is 5.59. The fourth-order valence-corrected chi connectivity index (χ4v) is 2.56. The van der Waals surface area contributed by atoms with E-state index in [-0.39, 0.29) is 5.91 Å². The summed E-state index contributed by atoms with van der Waals surface area (Å²) in [6, 6.07) is 3.34. The molecule has 1 aromatic heterocycles. The molecule has 0 unspecified atom stereocenters. The number of halogens is 1. The summed E-state index contributed by atoms with van der Waals surface area (Å²) in [5, 5.41) is 5.62. The quantitative estimate of drug-likeness (QED) is 0.940. The van der Waals surface area contributed by atoms with E-state index in [1.807, 2.05) is 19.2 Å². The van der Waals surface area contributed by atoms with E-state index in [4.69, 9.17) is 16.3 Å². The van der Waals surface area contributed by atoms with Gasteiger partial charge < -0.3 is 4.74 Å². The fraction of sp³-hybridized carbons (Fsp3) is 0.231. The second-order valence-corrected chi connectivity index (χ2v) is 5.32. The molecule has 0 fully saturated rings. The van der Waals surface area contributed by atoms with Crippen molar-refractivity contribution in [3.8, 4) is 5.75 Å². The molecule has 100 valence electrons. The maximum absolute atomic E-state index is 12.2. The Balaban J connectivity index is 2.26. The Kier molecular flexibility index (Phi) is 4.07. The standard InChI is InChI=1S/C13H13ClN2O2S/c1-7-4-11(18-3)10(14)5-9(7)12(17)16-13-15-8(2)6-19-13/h4-6H,1-3H3,(H,15,16,17). The topological polar surface area (TPSA) is 51.2 Å². The highest BCUT2D eigenvalue weighted by Gasteiger charge is 2.14. The van der Waals surface area contributed by atoms with Gasteiger partial charge in [0.1, 0.15) is 5.75 Å². The lowest BCUT2D eigenvalue weighted by atomic mass is 10.1. The minimum absolute atomic E-state index is 0.226. The van der Waals surface area contributed by atoms with Crippen LogP contribution in [0.3, 0.4) is 0 Å². The van der Waals surface area contributed by atoms with Crippen LogP contribution in [0.1, 0.15) is 21.6 Å². The third kappa shape index (κ3) is 3.05. The summed E-state index contributed by atoms with van der Waals surface area (Å²) < 4.78 is 5.11. The van der Waals surface area contributed by atoms with Gasteiger partial charge in [0.2, 0.25) is 0 Å². The highest BCUT2D eigenvalue weighted by molar-refractivity contribution is 7.13. The zero-order valence-electron chi connectivity index (χ0n) is 10.8. The van der Waals surface area contributed by atoms with E-state index >= 15 is 0 Å². The fourth-order valence-electron chi connectivity index (χ4n) is 1.63. The summed E-state index contributed by atoms with van der Waals surface area (Å²) in [5.74, 6) is 0.331. The second-order valence-electron chi connectivity index (χ2n) is 4.05.